The van der Waals surface area contributed by atoms with E-state index in [9.17, 15) is 4.79 Å². The van der Waals surface area contributed by atoms with Crippen molar-refractivity contribution in [3.63, 3.8) is 0 Å². The molecule has 0 radical (unpaired) electrons. The first-order chi connectivity index (χ1) is 7.13. The predicted molar refractivity (Wildman–Crippen MR) is 62.5 cm³/mol. The number of nitrogens with one attached hydrogen (secondary N) is 1. The topological polar surface area (TPSA) is 55.1 Å². The van der Waals surface area contributed by atoms with Gasteiger partial charge in [0.1, 0.15) is 0 Å². The molecule has 1 saturated carbocycles. The Kier molecular flexibility index (Phi) is 4.58. The zero-order valence-electron chi connectivity index (χ0n) is 10.0. The average molecular weight is 212 g/mol. The standard InChI is InChI=1S/C12H24N2O/c1-3-5-7-10(13)11(15)14-12(4-2)8-6-9-12/h10H,3-9,13H2,1-2H3,(H,14,15). The predicted octanol–water partition coefficient (Wildman–Crippen LogP) is 1.95. The molecule has 3 N–H and O–H groups in total. The van der Waals surface area contributed by atoms with Crippen LogP contribution >= 0.6 is 0 Å². The Morgan fingerprint density at radius 1 is 1.47 bits per heavy atom. The SMILES string of the molecule is CCCCC(N)C(=O)NC1(CC)CCC1. The summed E-state index contributed by atoms with van der Waals surface area (Å²) in [6, 6.07) is -0.311. The molecule has 88 valence electrons. The molecule has 0 heterocycles. The molecule has 3 nitrogen and oxygen atoms in total. The molecule has 0 aromatic rings. The van der Waals surface area contributed by atoms with Crippen LogP contribution in [0.25, 0.3) is 0 Å². The molecule has 0 spiro atoms. The summed E-state index contributed by atoms with van der Waals surface area (Å²) >= 11 is 0. The summed E-state index contributed by atoms with van der Waals surface area (Å²) in [5.41, 5.74) is 5.92. The van der Waals surface area contributed by atoms with Gasteiger partial charge in [0.15, 0.2) is 0 Å². The summed E-state index contributed by atoms with van der Waals surface area (Å²) in [4.78, 5) is 11.8. The summed E-state index contributed by atoms with van der Waals surface area (Å²) in [7, 11) is 0. The van der Waals surface area contributed by atoms with Gasteiger partial charge in [-0.2, -0.15) is 0 Å². The molecule has 0 bridgehead atoms. The average Bonchev–Trinajstić information content (AvgIpc) is 2.19. The minimum Gasteiger partial charge on any atom is -0.349 e. The lowest BCUT2D eigenvalue weighted by Gasteiger charge is -2.42. The van der Waals surface area contributed by atoms with Crippen LogP contribution in [0, 0.1) is 0 Å². The van der Waals surface area contributed by atoms with Gasteiger partial charge in [-0.15, -0.1) is 0 Å². The van der Waals surface area contributed by atoms with E-state index >= 15 is 0 Å². The Hall–Kier alpha value is -0.570. The molecule has 15 heavy (non-hydrogen) atoms. The van der Waals surface area contributed by atoms with E-state index in [-0.39, 0.29) is 17.5 Å². The molecule has 0 aromatic heterocycles. The van der Waals surface area contributed by atoms with Gasteiger partial charge in [0.05, 0.1) is 6.04 Å². The Balaban J connectivity index is 2.33. The fourth-order valence-electron chi connectivity index (χ4n) is 2.08. The van der Waals surface area contributed by atoms with E-state index in [0.717, 1.165) is 38.5 Å². The van der Waals surface area contributed by atoms with Gasteiger partial charge in [0, 0.05) is 5.54 Å². The first-order valence-electron chi connectivity index (χ1n) is 6.21. The van der Waals surface area contributed by atoms with E-state index in [2.05, 4.69) is 19.2 Å². The second kappa shape index (κ2) is 5.50. The number of hydrogen-bond donors (Lipinski definition) is 2. The first-order valence-corrected chi connectivity index (χ1v) is 6.21. The van der Waals surface area contributed by atoms with Gasteiger partial charge in [-0.1, -0.05) is 26.7 Å². The molecular formula is C12H24N2O. The zero-order chi connectivity index (χ0) is 11.3. The van der Waals surface area contributed by atoms with Crippen molar-refractivity contribution < 1.29 is 4.79 Å². The maximum Gasteiger partial charge on any atom is 0.237 e. The van der Waals surface area contributed by atoms with Gasteiger partial charge in [0.2, 0.25) is 5.91 Å². The van der Waals surface area contributed by atoms with Crippen molar-refractivity contribution in [3.8, 4) is 0 Å². The summed E-state index contributed by atoms with van der Waals surface area (Å²) in [6.07, 6.45) is 7.44. The molecule has 1 fully saturated rings. The molecule has 0 aliphatic heterocycles. The highest BCUT2D eigenvalue weighted by molar-refractivity contribution is 5.82. The lowest BCUT2D eigenvalue weighted by molar-refractivity contribution is -0.125. The van der Waals surface area contributed by atoms with Gasteiger partial charge in [-0.05, 0) is 32.1 Å². The van der Waals surface area contributed by atoms with E-state index in [1.54, 1.807) is 0 Å². The van der Waals surface area contributed by atoms with Crippen LogP contribution in [0.4, 0.5) is 0 Å². The van der Waals surface area contributed by atoms with Crippen LogP contribution in [0.1, 0.15) is 58.8 Å². The van der Waals surface area contributed by atoms with E-state index in [1.807, 2.05) is 0 Å². The number of rotatable bonds is 6. The summed E-state index contributed by atoms with van der Waals surface area (Å²) in [5.74, 6) is 0.0463. The molecule has 1 amide bonds. The summed E-state index contributed by atoms with van der Waals surface area (Å²) < 4.78 is 0. The molecule has 0 saturated heterocycles. The van der Waals surface area contributed by atoms with E-state index < -0.39 is 0 Å². The van der Waals surface area contributed by atoms with Gasteiger partial charge < -0.3 is 11.1 Å². The third-order valence-corrected chi connectivity index (χ3v) is 3.58. The second-order valence-corrected chi connectivity index (χ2v) is 4.73. The molecular weight excluding hydrogens is 188 g/mol. The van der Waals surface area contributed by atoms with Gasteiger partial charge in [0.25, 0.3) is 0 Å². The monoisotopic (exact) mass is 212 g/mol. The number of amides is 1. The smallest absolute Gasteiger partial charge is 0.237 e. The van der Waals surface area contributed by atoms with E-state index in [4.69, 9.17) is 5.73 Å². The minimum absolute atomic E-state index is 0.0463. The van der Waals surface area contributed by atoms with Crippen molar-refractivity contribution >= 4 is 5.91 Å². The fraction of sp³-hybridized carbons (Fsp3) is 0.917. The van der Waals surface area contributed by atoms with Crippen molar-refractivity contribution in [1.29, 1.82) is 0 Å². The van der Waals surface area contributed by atoms with E-state index in [0.29, 0.717) is 0 Å². The van der Waals surface area contributed by atoms with Gasteiger partial charge in [-0.25, -0.2) is 0 Å². The van der Waals surface area contributed by atoms with Crippen LogP contribution in [0.15, 0.2) is 0 Å². The van der Waals surface area contributed by atoms with Crippen molar-refractivity contribution in [2.45, 2.75) is 70.4 Å². The highest BCUT2D eigenvalue weighted by Crippen LogP contribution is 2.34. The zero-order valence-corrected chi connectivity index (χ0v) is 10.0. The van der Waals surface area contributed by atoms with Gasteiger partial charge >= 0.3 is 0 Å². The minimum atomic E-state index is -0.311. The highest BCUT2D eigenvalue weighted by atomic mass is 16.2. The van der Waals surface area contributed by atoms with Crippen molar-refractivity contribution in [2.75, 3.05) is 0 Å². The van der Waals surface area contributed by atoms with Crippen LogP contribution in [0.3, 0.4) is 0 Å². The molecule has 1 atom stereocenters. The maximum atomic E-state index is 11.8. The molecule has 1 aliphatic rings. The van der Waals surface area contributed by atoms with Crippen molar-refractivity contribution in [2.24, 2.45) is 5.73 Å². The third-order valence-electron chi connectivity index (χ3n) is 3.58. The van der Waals surface area contributed by atoms with Crippen LogP contribution in [-0.4, -0.2) is 17.5 Å². The van der Waals surface area contributed by atoms with Crippen LogP contribution in [0.2, 0.25) is 0 Å². The Morgan fingerprint density at radius 2 is 2.13 bits per heavy atom. The largest absolute Gasteiger partial charge is 0.349 e. The Labute approximate surface area is 92.8 Å². The number of nitrogens with two attached hydrogens (primary N) is 1. The lowest BCUT2D eigenvalue weighted by atomic mass is 9.74. The quantitative estimate of drug-likeness (QED) is 0.707. The first kappa shape index (κ1) is 12.5. The molecule has 1 rings (SSSR count). The Bertz CT molecular complexity index is 206. The third kappa shape index (κ3) is 3.20. The number of carbonyl (C=O) groups is 1. The lowest BCUT2D eigenvalue weighted by Crippen LogP contribution is -2.57. The molecule has 1 aliphatic carbocycles. The Morgan fingerprint density at radius 3 is 2.53 bits per heavy atom. The molecule has 0 aromatic carbocycles. The second-order valence-electron chi connectivity index (χ2n) is 4.73. The summed E-state index contributed by atoms with van der Waals surface area (Å²) in [6.45, 7) is 4.25. The number of unbranched alkanes of at least 4 members (excludes halogenated alkanes) is 1. The van der Waals surface area contributed by atoms with Crippen LogP contribution < -0.4 is 11.1 Å². The normalized spacial score (nSPS) is 20.5. The van der Waals surface area contributed by atoms with Crippen LogP contribution in [0.5, 0.6) is 0 Å². The van der Waals surface area contributed by atoms with Crippen molar-refractivity contribution in [3.05, 3.63) is 0 Å². The molecule has 1 unspecified atom stereocenters. The van der Waals surface area contributed by atoms with Crippen LogP contribution in [-0.2, 0) is 4.79 Å². The van der Waals surface area contributed by atoms with E-state index in [1.165, 1.54) is 6.42 Å². The number of hydrogen-bond acceptors (Lipinski definition) is 2. The maximum absolute atomic E-state index is 11.8. The fourth-order valence-corrected chi connectivity index (χ4v) is 2.08. The van der Waals surface area contributed by atoms with Gasteiger partial charge in [-0.3, -0.25) is 4.79 Å². The number of carbonyl (C=O) groups excluding carboxylic acids is 1. The summed E-state index contributed by atoms with van der Waals surface area (Å²) in [5, 5.41) is 3.12. The van der Waals surface area contributed by atoms with Crippen molar-refractivity contribution in [1.82, 2.24) is 5.32 Å². The highest BCUT2D eigenvalue weighted by Gasteiger charge is 2.37. The molecule has 3 heteroatoms.